The molecule has 1 aromatic rings. The van der Waals surface area contributed by atoms with Crippen LogP contribution in [0.1, 0.15) is 12.5 Å². The fraction of sp³-hybridized carbons (Fsp3) is 0.462. The molecule has 0 fully saturated rings. The molecule has 5 nitrogen and oxygen atoms in total. The van der Waals surface area contributed by atoms with E-state index in [-0.39, 0.29) is 5.69 Å². The standard InChI is InChI=1S/C13H17F3N2O3S/c1-9(12(19)17(2)3)18(22(4,20)21)11-7-5-6-10(8-11)13(14,15)16/h5-9H,1-4H3/t9-/m0/s1. The Morgan fingerprint density at radius 3 is 2.18 bits per heavy atom. The Kier molecular flexibility index (Phi) is 5.11. The van der Waals surface area contributed by atoms with E-state index >= 15 is 0 Å². The molecule has 124 valence electrons. The number of alkyl halides is 3. The smallest absolute Gasteiger partial charge is 0.347 e. The molecule has 0 aliphatic heterocycles. The topological polar surface area (TPSA) is 57.7 Å². The molecule has 0 bridgehead atoms. The van der Waals surface area contributed by atoms with Gasteiger partial charge in [-0.25, -0.2) is 8.42 Å². The van der Waals surface area contributed by atoms with Crippen LogP contribution < -0.4 is 4.31 Å². The molecule has 0 aliphatic rings. The minimum Gasteiger partial charge on any atom is -0.347 e. The highest BCUT2D eigenvalue weighted by Crippen LogP contribution is 2.32. The summed E-state index contributed by atoms with van der Waals surface area (Å²) < 4.78 is 62.9. The maximum atomic E-state index is 12.8. The van der Waals surface area contributed by atoms with Crippen molar-refractivity contribution in [2.24, 2.45) is 0 Å². The summed E-state index contributed by atoms with van der Waals surface area (Å²) in [5.41, 5.74) is -1.19. The van der Waals surface area contributed by atoms with Gasteiger partial charge in [-0.2, -0.15) is 13.2 Å². The van der Waals surface area contributed by atoms with Crippen molar-refractivity contribution in [1.82, 2.24) is 4.90 Å². The van der Waals surface area contributed by atoms with Crippen LogP contribution in [0.15, 0.2) is 24.3 Å². The highest BCUT2D eigenvalue weighted by Gasteiger charge is 2.34. The highest BCUT2D eigenvalue weighted by molar-refractivity contribution is 7.92. The fourth-order valence-electron chi connectivity index (χ4n) is 2.00. The molecule has 0 unspecified atom stereocenters. The Hall–Kier alpha value is -1.77. The van der Waals surface area contributed by atoms with Crippen LogP contribution in [0.5, 0.6) is 0 Å². The molecule has 0 saturated heterocycles. The molecule has 0 aliphatic carbocycles. The van der Waals surface area contributed by atoms with E-state index in [9.17, 15) is 26.4 Å². The van der Waals surface area contributed by atoms with Gasteiger partial charge < -0.3 is 4.90 Å². The minimum absolute atomic E-state index is 0.208. The van der Waals surface area contributed by atoms with Crippen LogP contribution in [0.4, 0.5) is 18.9 Å². The Morgan fingerprint density at radius 1 is 1.23 bits per heavy atom. The summed E-state index contributed by atoms with van der Waals surface area (Å²) in [4.78, 5) is 13.2. The van der Waals surface area contributed by atoms with Gasteiger partial charge in [0.05, 0.1) is 17.5 Å². The van der Waals surface area contributed by atoms with Crippen molar-refractivity contribution in [1.29, 1.82) is 0 Å². The van der Waals surface area contributed by atoms with Gasteiger partial charge in [-0.1, -0.05) is 6.07 Å². The van der Waals surface area contributed by atoms with E-state index in [1.807, 2.05) is 0 Å². The van der Waals surface area contributed by atoms with Crippen LogP contribution in [0.3, 0.4) is 0 Å². The third kappa shape index (κ3) is 4.12. The Balaban J connectivity index is 3.40. The number of amides is 1. The number of hydrogen-bond donors (Lipinski definition) is 0. The summed E-state index contributed by atoms with van der Waals surface area (Å²) >= 11 is 0. The predicted octanol–water partition coefficient (Wildman–Crippen LogP) is 1.95. The fourth-order valence-corrected chi connectivity index (χ4v) is 3.16. The second kappa shape index (κ2) is 6.15. The van der Waals surface area contributed by atoms with E-state index in [4.69, 9.17) is 0 Å². The molecule has 1 rings (SSSR count). The van der Waals surface area contributed by atoms with Gasteiger partial charge in [0.15, 0.2) is 0 Å². The summed E-state index contributed by atoms with van der Waals surface area (Å²) in [6, 6.07) is 2.70. The zero-order valence-electron chi connectivity index (χ0n) is 12.5. The molecule has 1 atom stereocenters. The van der Waals surface area contributed by atoms with E-state index in [0.717, 1.165) is 18.4 Å². The molecule has 1 aromatic carbocycles. The molecule has 9 heteroatoms. The number of likely N-dealkylation sites (N-methyl/N-ethyl adjacent to an activating group) is 1. The van der Waals surface area contributed by atoms with Crippen LogP contribution >= 0.6 is 0 Å². The Labute approximate surface area is 127 Å². The van der Waals surface area contributed by atoms with Gasteiger partial charge in [0.25, 0.3) is 0 Å². The van der Waals surface area contributed by atoms with Crippen LogP contribution in [0.2, 0.25) is 0 Å². The first-order valence-electron chi connectivity index (χ1n) is 6.23. The number of carbonyl (C=O) groups is 1. The van der Waals surface area contributed by atoms with E-state index < -0.39 is 33.7 Å². The van der Waals surface area contributed by atoms with Crippen LogP contribution in [0.25, 0.3) is 0 Å². The molecule has 22 heavy (non-hydrogen) atoms. The van der Waals surface area contributed by atoms with Crippen LogP contribution in [-0.4, -0.2) is 45.6 Å². The lowest BCUT2D eigenvalue weighted by molar-refractivity contribution is -0.137. The highest BCUT2D eigenvalue weighted by atomic mass is 32.2. The number of hydrogen-bond acceptors (Lipinski definition) is 3. The largest absolute Gasteiger partial charge is 0.416 e. The number of anilines is 1. The molecule has 0 N–H and O–H groups in total. The van der Waals surface area contributed by atoms with Crippen molar-refractivity contribution in [2.45, 2.75) is 19.1 Å². The van der Waals surface area contributed by atoms with Crippen LogP contribution in [0, 0.1) is 0 Å². The first-order valence-corrected chi connectivity index (χ1v) is 8.08. The summed E-state index contributed by atoms with van der Waals surface area (Å²) in [6.07, 6.45) is -3.76. The molecule has 0 heterocycles. The van der Waals surface area contributed by atoms with Gasteiger partial charge in [-0.05, 0) is 25.1 Å². The molecular weight excluding hydrogens is 321 g/mol. The van der Waals surface area contributed by atoms with Crippen molar-refractivity contribution in [3.8, 4) is 0 Å². The molecule has 0 saturated carbocycles. The van der Waals surface area contributed by atoms with Gasteiger partial charge in [0, 0.05) is 14.1 Å². The van der Waals surface area contributed by atoms with Crippen molar-refractivity contribution >= 4 is 21.6 Å². The lowest BCUT2D eigenvalue weighted by Crippen LogP contribution is -2.47. The van der Waals surface area contributed by atoms with E-state index in [1.165, 1.54) is 32.0 Å². The van der Waals surface area contributed by atoms with Crippen molar-refractivity contribution in [3.63, 3.8) is 0 Å². The maximum absolute atomic E-state index is 12.8. The van der Waals surface area contributed by atoms with Crippen molar-refractivity contribution in [2.75, 3.05) is 24.7 Å². The lowest BCUT2D eigenvalue weighted by Gasteiger charge is -2.30. The number of halogens is 3. The first-order chi connectivity index (χ1) is 9.85. The van der Waals surface area contributed by atoms with Crippen molar-refractivity contribution in [3.05, 3.63) is 29.8 Å². The van der Waals surface area contributed by atoms with Gasteiger partial charge >= 0.3 is 6.18 Å². The maximum Gasteiger partial charge on any atom is 0.416 e. The molecular formula is C13H17F3N2O3S. The van der Waals surface area contributed by atoms with E-state index in [0.29, 0.717) is 10.4 Å². The Bertz CT molecular complexity index is 657. The number of benzene rings is 1. The normalized spacial score (nSPS) is 13.6. The second-order valence-corrected chi connectivity index (χ2v) is 6.87. The third-order valence-corrected chi connectivity index (χ3v) is 4.18. The van der Waals surface area contributed by atoms with Gasteiger partial charge in [0.2, 0.25) is 15.9 Å². The summed E-state index contributed by atoms with van der Waals surface area (Å²) in [6.45, 7) is 1.32. The zero-order valence-corrected chi connectivity index (χ0v) is 13.4. The second-order valence-electron chi connectivity index (χ2n) is 5.02. The zero-order chi connectivity index (χ0) is 17.3. The Morgan fingerprint density at radius 2 is 1.77 bits per heavy atom. The molecule has 1 amide bonds. The monoisotopic (exact) mass is 338 g/mol. The summed E-state index contributed by atoms with van der Waals surface area (Å²) in [7, 11) is -1.07. The number of sulfonamides is 1. The summed E-state index contributed by atoms with van der Waals surface area (Å²) in [5, 5.41) is 0. The van der Waals surface area contributed by atoms with Gasteiger partial charge in [0.1, 0.15) is 6.04 Å². The van der Waals surface area contributed by atoms with E-state index in [1.54, 1.807) is 0 Å². The average molecular weight is 338 g/mol. The molecule has 0 radical (unpaired) electrons. The SMILES string of the molecule is C[C@@H](C(=O)N(C)C)N(c1cccc(C(F)(F)F)c1)S(C)(=O)=O. The lowest BCUT2D eigenvalue weighted by atomic mass is 10.1. The quantitative estimate of drug-likeness (QED) is 0.843. The number of nitrogens with zero attached hydrogens (tertiary/aromatic N) is 2. The van der Waals surface area contributed by atoms with Gasteiger partial charge in [-0.3, -0.25) is 9.10 Å². The average Bonchev–Trinajstić information content (AvgIpc) is 2.35. The van der Waals surface area contributed by atoms with E-state index in [2.05, 4.69) is 0 Å². The predicted molar refractivity (Wildman–Crippen MR) is 76.9 cm³/mol. The molecule has 0 spiro atoms. The van der Waals surface area contributed by atoms with Crippen LogP contribution in [-0.2, 0) is 21.0 Å². The number of rotatable bonds is 4. The van der Waals surface area contributed by atoms with Crippen molar-refractivity contribution < 1.29 is 26.4 Å². The molecule has 0 aromatic heterocycles. The summed E-state index contributed by atoms with van der Waals surface area (Å²) in [5.74, 6) is -0.539. The third-order valence-electron chi connectivity index (χ3n) is 2.94. The van der Waals surface area contributed by atoms with Gasteiger partial charge in [-0.15, -0.1) is 0 Å². The number of carbonyl (C=O) groups excluding carboxylic acids is 1. The minimum atomic E-state index is -4.60. The first kappa shape index (κ1) is 18.3.